The predicted molar refractivity (Wildman–Crippen MR) is 51.3 cm³/mol. The molecule has 1 N–H and O–H groups in total. The summed E-state index contributed by atoms with van der Waals surface area (Å²) in [4.78, 5) is 21.4. The zero-order valence-electron chi connectivity index (χ0n) is 8.87. The number of rotatable bonds is 6. The van der Waals surface area contributed by atoms with E-state index < -0.39 is 11.6 Å². The lowest BCUT2D eigenvalue weighted by atomic mass is 9.92. The molecule has 0 aliphatic carbocycles. The van der Waals surface area contributed by atoms with E-state index in [-0.39, 0.29) is 12.8 Å². The van der Waals surface area contributed by atoms with E-state index >= 15 is 0 Å². The Hall–Kier alpha value is -0.990. The second kappa shape index (κ2) is 5.68. The quantitative estimate of drug-likeness (QED) is 0.510. The first-order valence-corrected chi connectivity index (χ1v) is 4.62. The highest BCUT2D eigenvalue weighted by atomic mass is 16.5. The van der Waals surface area contributed by atoms with Crippen LogP contribution in [0.25, 0.3) is 0 Å². The SMILES string of the molecule is COC(=O)CC(O)([C+]=O)CCC(C)C. The molecule has 0 rings (SSSR count). The van der Waals surface area contributed by atoms with Crippen molar-refractivity contribution in [3.63, 3.8) is 0 Å². The number of carbonyl (C=O) groups excluding carboxylic acids is 2. The van der Waals surface area contributed by atoms with E-state index in [0.29, 0.717) is 12.3 Å². The van der Waals surface area contributed by atoms with Gasteiger partial charge in [-0.2, -0.15) is 0 Å². The number of aliphatic hydroxyl groups is 1. The van der Waals surface area contributed by atoms with Crippen molar-refractivity contribution < 1.29 is 19.4 Å². The maximum atomic E-state index is 10.9. The average molecular weight is 201 g/mol. The van der Waals surface area contributed by atoms with Crippen LogP contribution in [0.4, 0.5) is 0 Å². The maximum absolute atomic E-state index is 10.9. The Morgan fingerprint density at radius 3 is 2.50 bits per heavy atom. The summed E-state index contributed by atoms with van der Waals surface area (Å²) in [6.07, 6.45) is 2.09. The molecule has 0 aromatic rings. The topological polar surface area (TPSA) is 63.6 Å². The number of hydrogen-bond donors (Lipinski definition) is 1. The number of esters is 1. The van der Waals surface area contributed by atoms with Crippen LogP contribution < -0.4 is 0 Å². The summed E-state index contributed by atoms with van der Waals surface area (Å²) in [5, 5.41) is 9.65. The van der Waals surface area contributed by atoms with Crippen molar-refractivity contribution in [3.05, 3.63) is 0 Å². The third kappa shape index (κ3) is 4.90. The summed E-state index contributed by atoms with van der Waals surface area (Å²) in [7, 11) is 1.22. The summed E-state index contributed by atoms with van der Waals surface area (Å²) < 4.78 is 4.38. The van der Waals surface area contributed by atoms with Gasteiger partial charge in [-0.3, -0.25) is 4.79 Å². The van der Waals surface area contributed by atoms with E-state index in [1.807, 2.05) is 13.8 Å². The monoisotopic (exact) mass is 201 g/mol. The molecule has 1 unspecified atom stereocenters. The van der Waals surface area contributed by atoms with E-state index in [4.69, 9.17) is 0 Å². The van der Waals surface area contributed by atoms with Crippen molar-refractivity contribution in [2.75, 3.05) is 7.11 Å². The molecular formula is C10H17O4+. The molecule has 0 aromatic carbocycles. The van der Waals surface area contributed by atoms with Crippen molar-refractivity contribution in [1.82, 2.24) is 0 Å². The molecule has 0 aliphatic heterocycles. The first-order valence-electron chi connectivity index (χ1n) is 4.62. The smallest absolute Gasteiger partial charge is 0.469 e. The van der Waals surface area contributed by atoms with E-state index in [2.05, 4.69) is 4.74 Å². The van der Waals surface area contributed by atoms with Gasteiger partial charge >= 0.3 is 17.9 Å². The molecule has 0 saturated heterocycles. The van der Waals surface area contributed by atoms with Gasteiger partial charge in [-0.25, -0.2) is 0 Å². The Balaban J connectivity index is 4.17. The lowest BCUT2D eigenvalue weighted by Crippen LogP contribution is -2.34. The molecule has 0 radical (unpaired) electrons. The van der Waals surface area contributed by atoms with Gasteiger partial charge in [-0.1, -0.05) is 13.8 Å². The van der Waals surface area contributed by atoms with E-state index in [1.165, 1.54) is 13.4 Å². The molecule has 0 aromatic heterocycles. The minimum absolute atomic E-state index is 0.239. The summed E-state index contributed by atoms with van der Waals surface area (Å²) in [6.45, 7) is 3.95. The van der Waals surface area contributed by atoms with Crippen molar-refractivity contribution >= 4 is 12.3 Å². The zero-order valence-corrected chi connectivity index (χ0v) is 8.87. The molecule has 0 heterocycles. The number of methoxy groups -OCH3 is 1. The Kier molecular flexibility index (Phi) is 5.28. The van der Waals surface area contributed by atoms with Crippen LogP contribution in [0.1, 0.15) is 33.1 Å². The van der Waals surface area contributed by atoms with Gasteiger partial charge in [0.05, 0.1) is 7.11 Å². The average Bonchev–Trinajstić information content (AvgIpc) is 2.14. The van der Waals surface area contributed by atoms with Crippen LogP contribution in [-0.2, 0) is 14.3 Å². The van der Waals surface area contributed by atoms with E-state index in [1.54, 1.807) is 0 Å². The van der Waals surface area contributed by atoms with Crippen LogP contribution in [0.3, 0.4) is 0 Å². The van der Waals surface area contributed by atoms with E-state index in [0.717, 1.165) is 0 Å². The third-order valence-electron chi connectivity index (χ3n) is 1.99. The normalized spacial score (nSPS) is 14.6. The summed E-state index contributed by atoms with van der Waals surface area (Å²) >= 11 is 0. The molecule has 0 amide bonds. The fraction of sp³-hybridized carbons (Fsp3) is 0.800. The Bertz CT molecular complexity index is 200. The van der Waals surface area contributed by atoms with Crippen LogP contribution in [0.15, 0.2) is 0 Å². The molecule has 0 bridgehead atoms. The van der Waals surface area contributed by atoms with E-state index in [9.17, 15) is 14.7 Å². The summed E-state index contributed by atoms with van der Waals surface area (Å²) in [5.74, 6) is -0.230. The van der Waals surface area contributed by atoms with Crippen molar-refractivity contribution in [2.24, 2.45) is 5.92 Å². The molecule has 4 nitrogen and oxygen atoms in total. The highest BCUT2D eigenvalue weighted by molar-refractivity contribution is 5.77. The minimum atomic E-state index is -1.68. The van der Waals surface area contributed by atoms with Gasteiger partial charge in [0, 0.05) is 11.2 Å². The molecule has 0 saturated carbocycles. The Labute approximate surface area is 84.3 Å². The van der Waals surface area contributed by atoms with Gasteiger partial charge in [-0.05, 0) is 12.3 Å². The molecule has 0 spiro atoms. The predicted octanol–water partition coefficient (Wildman–Crippen LogP) is 0.826. The number of hydrogen-bond acceptors (Lipinski definition) is 4. The van der Waals surface area contributed by atoms with Crippen LogP contribution in [0.5, 0.6) is 0 Å². The Morgan fingerprint density at radius 2 is 2.14 bits per heavy atom. The highest BCUT2D eigenvalue weighted by Gasteiger charge is 2.44. The largest absolute Gasteiger partial charge is 0.544 e. The van der Waals surface area contributed by atoms with Crippen LogP contribution in [0, 0.1) is 5.92 Å². The van der Waals surface area contributed by atoms with Gasteiger partial charge in [0.15, 0.2) is 0 Å². The lowest BCUT2D eigenvalue weighted by Gasteiger charge is -2.11. The minimum Gasteiger partial charge on any atom is -0.469 e. The van der Waals surface area contributed by atoms with Crippen molar-refractivity contribution in [3.8, 4) is 0 Å². The molecular weight excluding hydrogens is 184 g/mol. The molecule has 0 aliphatic rings. The first-order chi connectivity index (χ1) is 6.43. The van der Waals surface area contributed by atoms with Gasteiger partial charge in [0.25, 0.3) is 0 Å². The third-order valence-corrected chi connectivity index (χ3v) is 1.99. The summed E-state index contributed by atoms with van der Waals surface area (Å²) in [6, 6.07) is 0. The number of carbonyl (C=O) groups is 1. The maximum Gasteiger partial charge on any atom is 0.544 e. The fourth-order valence-electron chi connectivity index (χ4n) is 1.01. The highest BCUT2D eigenvalue weighted by Crippen LogP contribution is 2.18. The zero-order chi connectivity index (χ0) is 11.2. The second-order valence-corrected chi connectivity index (χ2v) is 3.82. The molecule has 0 fully saturated rings. The standard InChI is InChI=1S/C10H17O4/c1-8(2)4-5-10(13,7-11)6-9(12)14-3/h8,13H,4-6H2,1-3H3/q+1. The fourth-order valence-corrected chi connectivity index (χ4v) is 1.01. The van der Waals surface area contributed by atoms with Crippen LogP contribution in [0.2, 0.25) is 0 Å². The van der Waals surface area contributed by atoms with Gasteiger partial charge in [0.2, 0.25) is 0 Å². The summed E-state index contributed by atoms with van der Waals surface area (Å²) in [5.41, 5.74) is -1.68. The van der Waals surface area contributed by atoms with Gasteiger partial charge in [-0.15, -0.1) is 0 Å². The Morgan fingerprint density at radius 1 is 1.57 bits per heavy atom. The van der Waals surface area contributed by atoms with Crippen LogP contribution >= 0.6 is 0 Å². The van der Waals surface area contributed by atoms with Gasteiger partial charge < -0.3 is 9.84 Å². The first kappa shape index (κ1) is 13.0. The molecule has 4 heteroatoms. The van der Waals surface area contributed by atoms with Crippen LogP contribution in [-0.4, -0.2) is 30.1 Å². The molecule has 1 atom stereocenters. The number of ether oxygens (including phenoxy) is 1. The molecule has 80 valence electrons. The molecule has 14 heavy (non-hydrogen) atoms. The second-order valence-electron chi connectivity index (χ2n) is 3.82. The van der Waals surface area contributed by atoms with Crippen molar-refractivity contribution in [1.29, 1.82) is 0 Å². The lowest BCUT2D eigenvalue weighted by molar-refractivity contribution is -0.144. The van der Waals surface area contributed by atoms with Crippen molar-refractivity contribution in [2.45, 2.75) is 38.7 Å². The van der Waals surface area contributed by atoms with Gasteiger partial charge in [0.1, 0.15) is 6.42 Å².